The average molecular weight is 321 g/mol. The summed E-state index contributed by atoms with van der Waals surface area (Å²) in [6.07, 6.45) is 9.10. The minimum atomic E-state index is -0.453. The molecular formula is C18H19N5O. The highest BCUT2D eigenvalue weighted by molar-refractivity contribution is 5.83. The van der Waals surface area contributed by atoms with E-state index in [2.05, 4.69) is 20.0 Å². The Balaban J connectivity index is 1.54. The molecule has 24 heavy (non-hydrogen) atoms. The number of amides is 1. The SMILES string of the molecule is O=C(N[C@H]1CCc2nccn2C1)[C@@H](c1ccccc1)n1cccn1. The molecule has 0 saturated heterocycles. The van der Waals surface area contributed by atoms with E-state index in [1.807, 2.05) is 55.0 Å². The standard InChI is InChI=1S/C18H19N5O/c24-18(21-15-7-8-16-19-10-12-22(16)13-15)17(23-11-4-9-20-23)14-5-2-1-3-6-14/h1-6,9-12,15,17H,7-8,13H2,(H,21,24)/t15-,17+/m0/s1. The van der Waals surface area contributed by atoms with Crippen LogP contribution >= 0.6 is 0 Å². The number of carbonyl (C=O) groups excluding carboxylic acids is 1. The number of aromatic nitrogens is 4. The van der Waals surface area contributed by atoms with Crippen LogP contribution < -0.4 is 5.32 Å². The predicted octanol–water partition coefficient (Wildman–Crippen LogP) is 1.80. The van der Waals surface area contributed by atoms with Crippen LogP contribution in [0.4, 0.5) is 0 Å². The summed E-state index contributed by atoms with van der Waals surface area (Å²) in [5, 5.41) is 7.46. The van der Waals surface area contributed by atoms with Crippen LogP contribution in [0.3, 0.4) is 0 Å². The summed E-state index contributed by atoms with van der Waals surface area (Å²) in [6, 6.07) is 11.2. The van der Waals surface area contributed by atoms with Gasteiger partial charge in [-0.3, -0.25) is 9.48 Å². The van der Waals surface area contributed by atoms with Crippen LogP contribution in [-0.2, 0) is 17.8 Å². The van der Waals surface area contributed by atoms with Crippen molar-refractivity contribution in [3.63, 3.8) is 0 Å². The fraction of sp³-hybridized carbons (Fsp3) is 0.278. The van der Waals surface area contributed by atoms with Gasteiger partial charge < -0.3 is 9.88 Å². The summed E-state index contributed by atoms with van der Waals surface area (Å²) in [5.74, 6) is 1.06. The minimum Gasteiger partial charge on any atom is -0.349 e. The minimum absolute atomic E-state index is 0.0292. The molecule has 6 heteroatoms. The number of carbonyl (C=O) groups is 1. The Labute approximate surface area is 140 Å². The zero-order valence-electron chi connectivity index (χ0n) is 13.2. The van der Waals surface area contributed by atoms with Gasteiger partial charge in [0, 0.05) is 43.8 Å². The van der Waals surface area contributed by atoms with Gasteiger partial charge in [0.1, 0.15) is 5.82 Å². The Morgan fingerprint density at radius 3 is 2.83 bits per heavy atom. The van der Waals surface area contributed by atoms with E-state index in [0.29, 0.717) is 0 Å². The highest BCUT2D eigenvalue weighted by Gasteiger charge is 2.27. The largest absolute Gasteiger partial charge is 0.349 e. The van der Waals surface area contributed by atoms with Gasteiger partial charge in [-0.05, 0) is 18.1 Å². The van der Waals surface area contributed by atoms with Crippen molar-refractivity contribution in [3.8, 4) is 0 Å². The van der Waals surface area contributed by atoms with Crippen LogP contribution in [0, 0.1) is 0 Å². The van der Waals surface area contributed by atoms with E-state index < -0.39 is 6.04 Å². The molecule has 4 rings (SSSR count). The molecule has 1 N–H and O–H groups in total. The first-order chi connectivity index (χ1) is 11.8. The predicted molar refractivity (Wildman–Crippen MR) is 89.3 cm³/mol. The van der Waals surface area contributed by atoms with Gasteiger partial charge in [-0.2, -0.15) is 5.10 Å². The van der Waals surface area contributed by atoms with Crippen molar-refractivity contribution in [2.24, 2.45) is 0 Å². The van der Waals surface area contributed by atoms with Crippen LogP contribution in [0.2, 0.25) is 0 Å². The van der Waals surface area contributed by atoms with E-state index in [1.54, 1.807) is 10.9 Å². The lowest BCUT2D eigenvalue weighted by molar-refractivity contribution is -0.124. The second-order valence-corrected chi connectivity index (χ2v) is 6.04. The molecule has 0 bridgehead atoms. The Bertz CT molecular complexity index is 809. The lowest BCUT2D eigenvalue weighted by Gasteiger charge is -2.27. The molecule has 2 aromatic heterocycles. The number of nitrogens with zero attached hydrogens (tertiary/aromatic N) is 4. The first-order valence-electron chi connectivity index (χ1n) is 8.16. The molecule has 6 nitrogen and oxygen atoms in total. The summed E-state index contributed by atoms with van der Waals surface area (Å²) in [4.78, 5) is 17.3. The Hall–Kier alpha value is -2.89. The second kappa shape index (κ2) is 6.31. The van der Waals surface area contributed by atoms with Gasteiger partial charge in [0.2, 0.25) is 5.91 Å². The summed E-state index contributed by atoms with van der Waals surface area (Å²) in [6.45, 7) is 0.766. The van der Waals surface area contributed by atoms with Gasteiger partial charge in [0.05, 0.1) is 0 Å². The Kier molecular flexibility index (Phi) is 3.86. The molecule has 0 fully saturated rings. The van der Waals surface area contributed by atoms with Gasteiger partial charge in [-0.15, -0.1) is 0 Å². The van der Waals surface area contributed by atoms with Crippen LogP contribution in [0.5, 0.6) is 0 Å². The number of fused-ring (bicyclic) bond motifs is 1. The molecule has 2 atom stereocenters. The molecule has 3 heterocycles. The van der Waals surface area contributed by atoms with Crippen molar-refractivity contribution >= 4 is 5.91 Å². The molecule has 0 radical (unpaired) electrons. The summed E-state index contributed by atoms with van der Waals surface area (Å²) in [5.41, 5.74) is 0.929. The summed E-state index contributed by atoms with van der Waals surface area (Å²) in [7, 11) is 0. The smallest absolute Gasteiger partial charge is 0.249 e. The average Bonchev–Trinajstić information content (AvgIpc) is 3.27. The second-order valence-electron chi connectivity index (χ2n) is 6.04. The molecular weight excluding hydrogens is 302 g/mol. The number of imidazole rings is 1. The molecule has 0 saturated carbocycles. The third-order valence-corrected chi connectivity index (χ3v) is 4.43. The van der Waals surface area contributed by atoms with E-state index in [-0.39, 0.29) is 11.9 Å². The quantitative estimate of drug-likeness (QED) is 0.797. The number of rotatable bonds is 4. The van der Waals surface area contributed by atoms with Crippen molar-refractivity contribution in [2.45, 2.75) is 31.5 Å². The lowest BCUT2D eigenvalue weighted by atomic mass is 10.0. The first-order valence-corrected chi connectivity index (χ1v) is 8.16. The van der Waals surface area contributed by atoms with Crippen molar-refractivity contribution < 1.29 is 4.79 Å². The molecule has 0 unspecified atom stereocenters. The molecule has 122 valence electrons. The highest BCUT2D eigenvalue weighted by Crippen LogP contribution is 2.19. The maximum atomic E-state index is 13.0. The molecule has 1 aliphatic heterocycles. The van der Waals surface area contributed by atoms with Gasteiger partial charge in [-0.1, -0.05) is 30.3 Å². The van der Waals surface area contributed by atoms with Gasteiger partial charge in [0.25, 0.3) is 0 Å². The van der Waals surface area contributed by atoms with Crippen molar-refractivity contribution in [1.29, 1.82) is 0 Å². The van der Waals surface area contributed by atoms with E-state index in [1.165, 1.54) is 0 Å². The van der Waals surface area contributed by atoms with E-state index in [9.17, 15) is 4.79 Å². The van der Waals surface area contributed by atoms with Crippen molar-refractivity contribution in [3.05, 3.63) is 72.6 Å². The number of aryl methyl sites for hydroxylation is 1. The monoisotopic (exact) mass is 321 g/mol. The summed E-state index contributed by atoms with van der Waals surface area (Å²) < 4.78 is 3.82. The number of benzene rings is 1. The number of hydrogen-bond acceptors (Lipinski definition) is 3. The molecule has 1 aromatic carbocycles. The number of hydrogen-bond donors (Lipinski definition) is 1. The van der Waals surface area contributed by atoms with Crippen LogP contribution in [0.15, 0.2) is 61.2 Å². The van der Waals surface area contributed by atoms with Crippen LogP contribution in [0.25, 0.3) is 0 Å². The zero-order valence-corrected chi connectivity index (χ0v) is 13.2. The Morgan fingerprint density at radius 2 is 2.04 bits per heavy atom. The van der Waals surface area contributed by atoms with E-state index in [4.69, 9.17) is 0 Å². The fourth-order valence-electron chi connectivity index (χ4n) is 3.26. The van der Waals surface area contributed by atoms with Gasteiger partial charge in [-0.25, -0.2) is 4.98 Å². The maximum absolute atomic E-state index is 13.0. The topological polar surface area (TPSA) is 64.7 Å². The maximum Gasteiger partial charge on any atom is 0.249 e. The Morgan fingerprint density at radius 1 is 1.17 bits per heavy atom. The van der Waals surface area contributed by atoms with Gasteiger partial charge >= 0.3 is 0 Å². The van der Waals surface area contributed by atoms with Crippen LogP contribution in [0.1, 0.15) is 23.9 Å². The molecule has 1 aliphatic rings. The summed E-state index contributed by atoms with van der Waals surface area (Å²) >= 11 is 0. The normalized spacial score (nSPS) is 17.9. The zero-order chi connectivity index (χ0) is 16.4. The lowest BCUT2D eigenvalue weighted by Crippen LogP contribution is -2.44. The number of nitrogens with one attached hydrogen (secondary N) is 1. The van der Waals surface area contributed by atoms with Gasteiger partial charge in [0.15, 0.2) is 6.04 Å². The van der Waals surface area contributed by atoms with Crippen LogP contribution in [-0.4, -0.2) is 31.3 Å². The molecule has 0 spiro atoms. The fourth-order valence-corrected chi connectivity index (χ4v) is 3.26. The van der Waals surface area contributed by atoms with Crippen molar-refractivity contribution in [2.75, 3.05) is 0 Å². The third-order valence-electron chi connectivity index (χ3n) is 4.43. The van der Waals surface area contributed by atoms with Crippen molar-refractivity contribution in [1.82, 2.24) is 24.6 Å². The third kappa shape index (κ3) is 2.82. The highest BCUT2D eigenvalue weighted by atomic mass is 16.2. The van der Waals surface area contributed by atoms with E-state index >= 15 is 0 Å². The molecule has 1 amide bonds. The molecule has 0 aliphatic carbocycles. The molecule has 3 aromatic rings. The van der Waals surface area contributed by atoms with E-state index in [0.717, 1.165) is 30.8 Å². The first kappa shape index (κ1) is 14.7.